The number of rotatable bonds is 10. The van der Waals surface area contributed by atoms with Crippen LogP contribution in [0.4, 0.5) is 0 Å². The molecule has 0 bridgehead atoms. The van der Waals surface area contributed by atoms with Gasteiger partial charge in [0.05, 0.1) is 6.10 Å². The third-order valence-electron chi connectivity index (χ3n) is 3.33. The molecule has 0 aliphatic carbocycles. The van der Waals surface area contributed by atoms with Crippen LogP contribution >= 0.6 is 0 Å². The van der Waals surface area contributed by atoms with Gasteiger partial charge in [0.15, 0.2) is 0 Å². The van der Waals surface area contributed by atoms with Crippen LogP contribution < -0.4 is 0 Å². The summed E-state index contributed by atoms with van der Waals surface area (Å²) in [4.78, 5) is 2.51. The van der Waals surface area contributed by atoms with Crippen molar-refractivity contribution in [3.63, 3.8) is 0 Å². The Kier molecular flexibility index (Phi) is 10.2. The molecular weight excluding hydrogens is 246 g/mol. The summed E-state index contributed by atoms with van der Waals surface area (Å²) in [7, 11) is 0. The lowest BCUT2D eigenvalue weighted by Gasteiger charge is -2.29. The Morgan fingerprint density at radius 3 is 2.30 bits per heavy atom. The first kappa shape index (κ1) is 19.0. The molecule has 2 unspecified atom stereocenters. The first-order valence-electron chi connectivity index (χ1n) is 7.82. The Morgan fingerprint density at radius 2 is 1.85 bits per heavy atom. The minimum absolute atomic E-state index is 0.200. The van der Waals surface area contributed by atoms with Crippen LogP contribution in [0.1, 0.15) is 54.4 Å². The van der Waals surface area contributed by atoms with Gasteiger partial charge in [-0.05, 0) is 65.8 Å². The average Bonchev–Trinajstić information content (AvgIpc) is 2.40. The first-order valence-corrected chi connectivity index (χ1v) is 7.82. The Labute approximate surface area is 126 Å². The van der Waals surface area contributed by atoms with Gasteiger partial charge in [0.2, 0.25) is 0 Å². The van der Waals surface area contributed by atoms with Crippen LogP contribution in [0.2, 0.25) is 0 Å². The summed E-state index contributed by atoms with van der Waals surface area (Å²) in [5.74, 6) is 0.851. The minimum Gasteiger partial charge on any atom is -0.491 e. The van der Waals surface area contributed by atoms with E-state index in [1.807, 2.05) is 6.08 Å². The summed E-state index contributed by atoms with van der Waals surface area (Å²) in [6, 6.07) is 0.546. The Balaban J connectivity index is 4.45. The number of ether oxygens (including phenoxy) is 1. The quantitative estimate of drug-likeness (QED) is 0.415. The zero-order chi connectivity index (χ0) is 15.5. The predicted molar refractivity (Wildman–Crippen MR) is 89.9 cm³/mol. The molecule has 116 valence electrons. The molecule has 2 heteroatoms. The normalized spacial score (nSPS) is 14.8. The number of nitrogens with zero attached hydrogens (tertiary/aromatic N) is 1. The molecule has 0 fully saturated rings. The van der Waals surface area contributed by atoms with E-state index in [0.29, 0.717) is 6.04 Å². The standard InChI is InChI=1S/C18H33NO/c1-8-13-19(10-3)16(6)14-17(7)20-18(9-2)12-11-15(4)5/h9,11-12,16-17H,2,8,10,13-14H2,1,3-7H3/b18-12+. The maximum absolute atomic E-state index is 5.97. The second kappa shape index (κ2) is 10.7. The fourth-order valence-corrected chi connectivity index (χ4v) is 2.29. The van der Waals surface area contributed by atoms with E-state index in [1.54, 1.807) is 6.08 Å². The Morgan fingerprint density at radius 1 is 1.20 bits per heavy atom. The van der Waals surface area contributed by atoms with Crippen LogP contribution in [0.25, 0.3) is 0 Å². The highest BCUT2D eigenvalue weighted by Gasteiger charge is 2.15. The van der Waals surface area contributed by atoms with Crippen molar-refractivity contribution in [1.82, 2.24) is 4.90 Å². The van der Waals surface area contributed by atoms with Crippen molar-refractivity contribution in [1.29, 1.82) is 0 Å². The van der Waals surface area contributed by atoms with Crippen molar-refractivity contribution in [2.24, 2.45) is 0 Å². The molecule has 0 aliphatic rings. The Bertz CT molecular complexity index is 326. The minimum atomic E-state index is 0.200. The largest absolute Gasteiger partial charge is 0.491 e. The lowest BCUT2D eigenvalue weighted by molar-refractivity contribution is 0.0937. The SMILES string of the molecule is C=C/C(=C\C=C(C)C)OC(C)CC(C)N(CC)CCC. The van der Waals surface area contributed by atoms with Crippen LogP contribution in [-0.4, -0.2) is 30.1 Å². The lowest BCUT2D eigenvalue weighted by atomic mass is 10.1. The molecule has 0 saturated heterocycles. The smallest absolute Gasteiger partial charge is 0.119 e. The highest BCUT2D eigenvalue weighted by molar-refractivity contribution is 5.18. The van der Waals surface area contributed by atoms with E-state index in [-0.39, 0.29) is 6.10 Å². The van der Waals surface area contributed by atoms with E-state index in [2.05, 4.69) is 59.1 Å². The zero-order valence-electron chi connectivity index (χ0n) is 14.3. The molecule has 0 amide bonds. The van der Waals surface area contributed by atoms with Gasteiger partial charge in [-0.25, -0.2) is 0 Å². The number of hydrogen-bond acceptors (Lipinski definition) is 2. The fraction of sp³-hybridized carbons (Fsp3) is 0.667. The molecule has 0 aromatic carbocycles. The predicted octanol–water partition coefficient (Wildman–Crippen LogP) is 4.94. The zero-order valence-corrected chi connectivity index (χ0v) is 14.3. The van der Waals surface area contributed by atoms with Crippen LogP contribution in [0, 0.1) is 0 Å². The lowest BCUT2D eigenvalue weighted by Crippen LogP contribution is -2.36. The summed E-state index contributed by atoms with van der Waals surface area (Å²) in [6.45, 7) is 19.1. The first-order chi connectivity index (χ1) is 9.44. The summed E-state index contributed by atoms with van der Waals surface area (Å²) in [5.41, 5.74) is 1.26. The molecule has 0 rings (SSSR count). The molecule has 0 spiro atoms. The van der Waals surface area contributed by atoms with Crippen molar-refractivity contribution in [2.45, 2.75) is 66.5 Å². The van der Waals surface area contributed by atoms with E-state index in [4.69, 9.17) is 4.74 Å². The van der Waals surface area contributed by atoms with Crippen LogP contribution in [-0.2, 0) is 4.74 Å². The van der Waals surface area contributed by atoms with Gasteiger partial charge in [-0.1, -0.05) is 32.1 Å². The monoisotopic (exact) mass is 279 g/mol. The summed E-state index contributed by atoms with van der Waals surface area (Å²) in [5, 5.41) is 0. The van der Waals surface area contributed by atoms with Crippen molar-refractivity contribution in [3.8, 4) is 0 Å². The highest BCUT2D eigenvalue weighted by Crippen LogP contribution is 2.13. The molecule has 0 saturated carbocycles. The molecule has 0 aromatic rings. The molecule has 2 atom stereocenters. The number of allylic oxidation sites excluding steroid dienone is 4. The van der Waals surface area contributed by atoms with Gasteiger partial charge in [0, 0.05) is 6.04 Å². The van der Waals surface area contributed by atoms with Gasteiger partial charge >= 0.3 is 0 Å². The maximum Gasteiger partial charge on any atom is 0.119 e. The van der Waals surface area contributed by atoms with Gasteiger partial charge < -0.3 is 9.64 Å². The maximum atomic E-state index is 5.97. The average molecular weight is 279 g/mol. The van der Waals surface area contributed by atoms with Crippen molar-refractivity contribution in [2.75, 3.05) is 13.1 Å². The topological polar surface area (TPSA) is 12.5 Å². The van der Waals surface area contributed by atoms with Gasteiger partial charge in [-0.3, -0.25) is 0 Å². The van der Waals surface area contributed by atoms with Gasteiger partial charge in [0.25, 0.3) is 0 Å². The molecule has 0 aliphatic heterocycles. The van der Waals surface area contributed by atoms with Crippen LogP contribution in [0.5, 0.6) is 0 Å². The van der Waals surface area contributed by atoms with Gasteiger partial charge in [0.1, 0.15) is 5.76 Å². The summed E-state index contributed by atoms with van der Waals surface area (Å²) < 4.78 is 5.97. The molecule has 0 heterocycles. The van der Waals surface area contributed by atoms with E-state index in [0.717, 1.165) is 25.3 Å². The molecule has 0 aromatic heterocycles. The molecule has 0 radical (unpaired) electrons. The van der Waals surface area contributed by atoms with E-state index < -0.39 is 0 Å². The van der Waals surface area contributed by atoms with Crippen molar-refractivity contribution >= 4 is 0 Å². The fourth-order valence-electron chi connectivity index (χ4n) is 2.29. The van der Waals surface area contributed by atoms with Crippen molar-refractivity contribution in [3.05, 3.63) is 36.1 Å². The van der Waals surface area contributed by atoms with Crippen LogP contribution in [0.3, 0.4) is 0 Å². The molecular formula is C18H33NO. The molecule has 0 N–H and O–H groups in total. The van der Waals surface area contributed by atoms with Crippen LogP contribution in [0.15, 0.2) is 36.1 Å². The second-order valence-corrected chi connectivity index (χ2v) is 5.66. The highest BCUT2D eigenvalue weighted by atomic mass is 16.5. The number of hydrogen-bond donors (Lipinski definition) is 0. The summed E-state index contributed by atoms with van der Waals surface area (Å²) >= 11 is 0. The third-order valence-corrected chi connectivity index (χ3v) is 3.33. The van der Waals surface area contributed by atoms with E-state index in [9.17, 15) is 0 Å². The Hall–Kier alpha value is -1.02. The molecule has 2 nitrogen and oxygen atoms in total. The van der Waals surface area contributed by atoms with E-state index >= 15 is 0 Å². The molecule has 20 heavy (non-hydrogen) atoms. The third kappa shape index (κ3) is 8.21. The van der Waals surface area contributed by atoms with Crippen molar-refractivity contribution < 1.29 is 4.74 Å². The summed E-state index contributed by atoms with van der Waals surface area (Å²) in [6.07, 6.45) is 8.27. The van der Waals surface area contributed by atoms with Gasteiger partial charge in [-0.2, -0.15) is 0 Å². The van der Waals surface area contributed by atoms with Gasteiger partial charge in [-0.15, -0.1) is 0 Å². The second-order valence-electron chi connectivity index (χ2n) is 5.66. The van der Waals surface area contributed by atoms with E-state index in [1.165, 1.54) is 12.0 Å².